The van der Waals surface area contributed by atoms with Crippen molar-refractivity contribution in [2.75, 3.05) is 27.2 Å². The Morgan fingerprint density at radius 1 is 1.00 bits per heavy atom. The van der Waals surface area contributed by atoms with E-state index in [-0.39, 0.29) is 11.8 Å². The van der Waals surface area contributed by atoms with Crippen LogP contribution in [0.2, 0.25) is 0 Å². The molecule has 5 heteroatoms. The van der Waals surface area contributed by atoms with Gasteiger partial charge in [0.2, 0.25) is 5.91 Å². The van der Waals surface area contributed by atoms with Gasteiger partial charge in [-0.25, -0.2) is 0 Å². The third-order valence-corrected chi connectivity index (χ3v) is 6.51. The van der Waals surface area contributed by atoms with Gasteiger partial charge in [-0.05, 0) is 55.5 Å². The lowest BCUT2D eigenvalue weighted by atomic mass is 9.79. The average molecular weight is 442 g/mol. The van der Waals surface area contributed by atoms with Crippen LogP contribution in [0.4, 0.5) is 0 Å². The van der Waals surface area contributed by atoms with Crippen molar-refractivity contribution in [2.45, 2.75) is 26.7 Å². The normalized spacial score (nSPS) is 17.8. The number of hydrogen-bond acceptors (Lipinski definition) is 3. The first-order valence-corrected chi connectivity index (χ1v) is 11.4. The maximum atomic E-state index is 13.4. The molecule has 3 aromatic rings. The molecular weight excluding hydrogens is 410 g/mol. The lowest BCUT2D eigenvalue weighted by Gasteiger charge is -2.31. The highest BCUT2D eigenvalue weighted by Gasteiger charge is 2.46. The molecule has 0 aliphatic carbocycles. The number of nitrogens with zero attached hydrogens (tertiary/aromatic N) is 3. The smallest absolute Gasteiger partial charge is 0.255 e. The summed E-state index contributed by atoms with van der Waals surface area (Å²) in [6, 6.07) is 20.5. The van der Waals surface area contributed by atoms with Gasteiger partial charge in [-0.15, -0.1) is 0 Å². The Kier molecular flexibility index (Phi) is 6.32. The van der Waals surface area contributed by atoms with Crippen molar-refractivity contribution < 1.29 is 9.59 Å². The van der Waals surface area contributed by atoms with Gasteiger partial charge in [0.05, 0.1) is 11.0 Å². The van der Waals surface area contributed by atoms with E-state index >= 15 is 0 Å². The van der Waals surface area contributed by atoms with E-state index in [0.717, 1.165) is 22.4 Å². The maximum Gasteiger partial charge on any atom is 0.255 e. The predicted molar refractivity (Wildman–Crippen MR) is 131 cm³/mol. The second-order valence-corrected chi connectivity index (χ2v) is 9.39. The average Bonchev–Trinajstić information content (AvgIpc) is 3.24. The number of carbonyl (C=O) groups is 2. The lowest BCUT2D eigenvalue weighted by Crippen LogP contribution is -2.44. The molecule has 0 N–H and O–H groups in total. The summed E-state index contributed by atoms with van der Waals surface area (Å²) < 4.78 is 0. The van der Waals surface area contributed by atoms with Crippen LogP contribution in [0.25, 0.3) is 11.1 Å². The Hall–Kier alpha value is -3.47. The summed E-state index contributed by atoms with van der Waals surface area (Å²) in [6.45, 7) is 4.95. The van der Waals surface area contributed by atoms with Crippen molar-refractivity contribution in [3.8, 4) is 11.1 Å². The molecule has 1 saturated heterocycles. The van der Waals surface area contributed by atoms with Gasteiger partial charge in [0.25, 0.3) is 5.91 Å². The number of amides is 2. The molecule has 2 amide bonds. The molecule has 0 bridgehead atoms. The molecule has 0 spiro atoms. The van der Waals surface area contributed by atoms with Gasteiger partial charge in [0.1, 0.15) is 0 Å². The number of hydrogen-bond donors (Lipinski definition) is 0. The first kappa shape index (κ1) is 22.7. The quantitative estimate of drug-likeness (QED) is 0.585. The highest BCUT2D eigenvalue weighted by Crippen LogP contribution is 2.37. The van der Waals surface area contributed by atoms with Crippen molar-refractivity contribution in [3.63, 3.8) is 0 Å². The summed E-state index contributed by atoms with van der Waals surface area (Å²) in [5.41, 5.74) is 5.43. The van der Waals surface area contributed by atoms with Gasteiger partial charge in [-0.1, -0.05) is 54.1 Å². The number of aromatic nitrogens is 1. The van der Waals surface area contributed by atoms with Gasteiger partial charge in [0, 0.05) is 39.1 Å². The van der Waals surface area contributed by atoms with Gasteiger partial charge in [-0.2, -0.15) is 0 Å². The molecule has 1 fully saturated rings. The van der Waals surface area contributed by atoms with Crippen molar-refractivity contribution in [1.29, 1.82) is 0 Å². The zero-order chi connectivity index (χ0) is 23.6. The first-order chi connectivity index (χ1) is 15.8. The fraction of sp³-hybridized carbons (Fsp3) is 0.321. The Morgan fingerprint density at radius 3 is 2.42 bits per heavy atom. The summed E-state index contributed by atoms with van der Waals surface area (Å²) in [7, 11) is 3.59. The van der Waals surface area contributed by atoms with Gasteiger partial charge in [-0.3, -0.25) is 14.6 Å². The largest absolute Gasteiger partial charge is 0.348 e. The van der Waals surface area contributed by atoms with Gasteiger partial charge >= 0.3 is 0 Å². The minimum absolute atomic E-state index is 0.0654. The highest BCUT2D eigenvalue weighted by atomic mass is 16.2. The molecule has 0 saturated carbocycles. The molecule has 4 rings (SSSR count). The standard InChI is InChI=1S/C28H31N3O2/c1-20-8-11-23(12-9-20)24-7-5-6-22(16-24)17-28(27(33)30(3)4)14-15-31(19-28)26(32)25-13-10-21(2)29-18-25/h5-13,16,18H,14-15,17,19H2,1-4H3/t28-/m0/s1. The van der Waals surface area contributed by atoms with Crippen LogP contribution in [0.1, 0.15) is 33.6 Å². The number of likely N-dealkylation sites (tertiary alicyclic amines) is 1. The Labute approximate surface area is 196 Å². The van der Waals surface area contributed by atoms with Crippen LogP contribution < -0.4 is 0 Å². The summed E-state index contributed by atoms with van der Waals surface area (Å²) in [6.07, 6.45) is 2.86. The number of benzene rings is 2. The van der Waals surface area contributed by atoms with Crippen LogP contribution in [0.15, 0.2) is 66.9 Å². The molecule has 33 heavy (non-hydrogen) atoms. The van der Waals surface area contributed by atoms with Crippen LogP contribution >= 0.6 is 0 Å². The lowest BCUT2D eigenvalue weighted by molar-refractivity contribution is -0.138. The molecular formula is C28H31N3O2. The fourth-order valence-electron chi connectivity index (χ4n) is 4.69. The zero-order valence-corrected chi connectivity index (χ0v) is 19.8. The number of pyridine rings is 1. The highest BCUT2D eigenvalue weighted by molar-refractivity contribution is 5.95. The number of aryl methyl sites for hydroxylation is 2. The third-order valence-electron chi connectivity index (χ3n) is 6.51. The Morgan fingerprint density at radius 2 is 1.76 bits per heavy atom. The minimum atomic E-state index is -0.636. The van der Waals surface area contributed by atoms with E-state index in [2.05, 4.69) is 54.4 Å². The van der Waals surface area contributed by atoms with E-state index in [1.165, 1.54) is 5.56 Å². The van der Waals surface area contributed by atoms with Crippen LogP contribution in [-0.2, 0) is 11.2 Å². The van der Waals surface area contributed by atoms with Crippen molar-refractivity contribution in [2.24, 2.45) is 5.41 Å². The Balaban J connectivity index is 1.60. The molecule has 0 radical (unpaired) electrons. The van der Waals surface area contributed by atoms with Crippen molar-refractivity contribution in [3.05, 3.63) is 89.2 Å². The summed E-state index contributed by atoms with van der Waals surface area (Å²) >= 11 is 0. The number of carbonyl (C=O) groups excluding carboxylic acids is 2. The van der Waals surface area contributed by atoms with Crippen LogP contribution in [0.3, 0.4) is 0 Å². The van der Waals surface area contributed by atoms with E-state index < -0.39 is 5.41 Å². The van der Waals surface area contributed by atoms with E-state index in [1.54, 1.807) is 30.1 Å². The molecule has 5 nitrogen and oxygen atoms in total. The van der Waals surface area contributed by atoms with E-state index in [9.17, 15) is 9.59 Å². The zero-order valence-electron chi connectivity index (χ0n) is 19.8. The topological polar surface area (TPSA) is 53.5 Å². The molecule has 0 unspecified atom stereocenters. The summed E-state index contributed by atoms with van der Waals surface area (Å²) in [5.74, 6) is 0.00454. The molecule has 2 heterocycles. The fourth-order valence-corrected chi connectivity index (χ4v) is 4.69. The Bertz CT molecular complexity index is 1150. The molecule has 1 aliphatic heterocycles. The van der Waals surface area contributed by atoms with Gasteiger partial charge in [0.15, 0.2) is 0 Å². The second-order valence-electron chi connectivity index (χ2n) is 9.39. The molecule has 1 aliphatic rings. The van der Waals surface area contributed by atoms with E-state index in [4.69, 9.17) is 0 Å². The van der Waals surface area contributed by atoms with E-state index in [0.29, 0.717) is 31.5 Å². The van der Waals surface area contributed by atoms with Crippen molar-refractivity contribution >= 4 is 11.8 Å². The first-order valence-electron chi connectivity index (χ1n) is 11.4. The third kappa shape index (κ3) is 4.82. The van der Waals surface area contributed by atoms with Crippen LogP contribution in [0.5, 0.6) is 0 Å². The molecule has 1 atom stereocenters. The number of rotatable bonds is 5. The second kappa shape index (κ2) is 9.18. The molecule has 2 aromatic carbocycles. The molecule has 1 aromatic heterocycles. The predicted octanol–water partition coefficient (Wildman–Crippen LogP) is 4.53. The monoisotopic (exact) mass is 441 g/mol. The SMILES string of the molecule is Cc1ccc(-c2cccc(C[C@@]3(C(=O)N(C)C)CCN(C(=O)c4ccc(C)nc4)C3)c2)cc1. The summed E-state index contributed by atoms with van der Waals surface area (Å²) in [5, 5.41) is 0. The van der Waals surface area contributed by atoms with Crippen LogP contribution in [-0.4, -0.2) is 53.8 Å². The maximum absolute atomic E-state index is 13.4. The van der Waals surface area contributed by atoms with Crippen molar-refractivity contribution in [1.82, 2.24) is 14.8 Å². The van der Waals surface area contributed by atoms with E-state index in [1.807, 2.05) is 25.1 Å². The van der Waals surface area contributed by atoms with Crippen LogP contribution in [0, 0.1) is 19.3 Å². The van der Waals surface area contributed by atoms with Gasteiger partial charge < -0.3 is 9.80 Å². The minimum Gasteiger partial charge on any atom is -0.348 e. The summed E-state index contributed by atoms with van der Waals surface area (Å²) in [4.78, 5) is 34.2. The molecule has 170 valence electrons.